The van der Waals surface area contributed by atoms with Crippen molar-refractivity contribution < 1.29 is 9.18 Å². The first kappa shape index (κ1) is 12.9. The summed E-state index contributed by atoms with van der Waals surface area (Å²) in [6.07, 6.45) is -0.907. The van der Waals surface area contributed by atoms with Gasteiger partial charge in [-0.25, -0.2) is 9.18 Å². The van der Waals surface area contributed by atoms with Crippen LogP contribution in [0.1, 0.15) is 0 Å². The van der Waals surface area contributed by atoms with Gasteiger partial charge in [0, 0.05) is 4.88 Å². The predicted molar refractivity (Wildman–Crippen MR) is 79.7 cm³/mol. The Balaban J connectivity index is 1.78. The van der Waals surface area contributed by atoms with Crippen molar-refractivity contribution in [3.63, 3.8) is 0 Å². The van der Waals surface area contributed by atoms with Gasteiger partial charge >= 0.3 is 6.03 Å². The molecule has 0 spiro atoms. The molecule has 0 atom stereocenters. The van der Waals surface area contributed by atoms with Crippen molar-refractivity contribution in [3.05, 3.63) is 35.7 Å². The maximum absolute atomic E-state index is 12.8. The van der Waals surface area contributed by atoms with Gasteiger partial charge in [0.2, 0.25) is 0 Å². The summed E-state index contributed by atoms with van der Waals surface area (Å²) < 4.78 is 12.8. The van der Waals surface area contributed by atoms with Crippen LogP contribution < -0.4 is 11.1 Å². The lowest BCUT2D eigenvalue weighted by Crippen LogP contribution is -2.53. The van der Waals surface area contributed by atoms with Crippen LogP contribution in [-0.2, 0) is 0 Å². The smallest absolute Gasteiger partial charge is 0.322 e. The van der Waals surface area contributed by atoms with E-state index >= 15 is 0 Å². The highest BCUT2D eigenvalue weighted by Crippen LogP contribution is 2.30. The van der Waals surface area contributed by atoms with Gasteiger partial charge in [-0.2, -0.15) is 0 Å². The molecular weight excluding hydrogens is 277 g/mol. The monoisotopic (exact) mass is 291 g/mol. The predicted octanol–water partition coefficient (Wildman–Crippen LogP) is 3.18. The zero-order valence-corrected chi connectivity index (χ0v) is 11.5. The molecule has 0 aliphatic carbocycles. The van der Waals surface area contributed by atoms with E-state index in [2.05, 4.69) is 5.32 Å². The molecule has 1 aromatic carbocycles. The summed E-state index contributed by atoms with van der Waals surface area (Å²) in [6, 6.07) is 9.18. The van der Waals surface area contributed by atoms with E-state index in [1.165, 1.54) is 4.90 Å². The highest BCUT2D eigenvalue weighted by atomic mass is 32.1. The summed E-state index contributed by atoms with van der Waals surface area (Å²) >= 11 is 1.62. The molecule has 1 saturated heterocycles. The van der Waals surface area contributed by atoms with Gasteiger partial charge in [-0.05, 0) is 29.1 Å². The quantitative estimate of drug-likeness (QED) is 0.835. The van der Waals surface area contributed by atoms with Crippen LogP contribution in [0.2, 0.25) is 0 Å². The number of thiophene rings is 1. The van der Waals surface area contributed by atoms with Crippen LogP contribution in [0.4, 0.5) is 20.6 Å². The molecule has 104 valence electrons. The lowest BCUT2D eigenvalue weighted by molar-refractivity contribution is 0.0974. The Morgan fingerprint density at radius 2 is 2.20 bits per heavy atom. The molecule has 1 aliphatic heterocycles. The SMILES string of the molecule is Nc1ccc(-c2cccs2)cc1NC(=O)N1CC(F)C1. The molecule has 20 heavy (non-hydrogen) atoms. The lowest BCUT2D eigenvalue weighted by Gasteiger charge is -2.34. The van der Waals surface area contributed by atoms with Crippen LogP contribution in [0, 0.1) is 0 Å². The van der Waals surface area contributed by atoms with Gasteiger partial charge in [-0.3, -0.25) is 0 Å². The summed E-state index contributed by atoms with van der Waals surface area (Å²) in [6.45, 7) is 0.298. The van der Waals surface area contributed by atoms with E-state index in [0.717, 1.165) is 10.4 Å². The number of rotatable bonds is 2. The third kappa shape index (κ3) is 2.46. The Morgan fingerprint density at radius 1 is 1.40 bits per heavy atom. The van der Waals surface area contributed by atoms with Crippen molar-refractivity contribution in [3.8, 4) is 10.4 Å². The molecule has 2 amide bonds. The van der Waals surface area contributed by atoms with E-state index in [-0.39, 0.29) is 19.1 Å². The van der Waals surface area contributed by atoms with E-state index in [0.29, 0.717) is 11.4 Å². The second-order valence-electron chi connectivity index (χ2n) is 4.71. The largest absolute Gasteiger partial charge is 0.397 e. The number of nitrogens with one attached hydrogen (secondary N) is 1. The number of anilines is 2. The van der Waals surface area contributed by atoms with Gasteiger partial charge in [-0.1, -0.05) is 12.1 Å². The number of nitrogens with two attached hydrogens (primary N) is 1. The minimum absolute atomic E-state index is 0.149. The molecule has 0 bridgehead atoms. The second-order valence-corrected chi connectivity index (χ2v) is 5.66. The highest BCUT2D eigenvalue weighted by molar-refractivity contribution is 7.13. The summed E-state index contributed by atoms with van der Waals surface area (Å²) in [5, 5.41) is 4.73. The molecule has 0 radical (unpaired) electrons. The second kappa shape index (κ2) is 5.13. The molecular formula is C14H14FN3OS. The Kier molecular flexibility index (Phi) is 3.31. The summed E-state index contributed by atoms with van der Waals surface area (Å²) in [7, 11) is 0. The molecule has 4 nitrogen and oxygen atoms in total. The molecule has 1 aromatic heterocycles. The molecule has 3 N–H and O–H groups in total. The van der Waals surface area contributed by atoms with E-state index in [1.54, 1.807) is 17.4 Å². The molecule has 6 heteroatoms. The van der Waals surface area contributed by atoms with Crippen molar-refractivity contribution in [1.82, 2.24) is 4.90 Å². The number of halogens is 1. The fourth-order valence-corrected chi connectivity index (χ4v) is 2.77. The fourth-order valence-electron chi connectivity index (χ4n) is 2.05. The summed E-state index contributed by atoms with van der Waals surface area (Å²) in [4.78, 5) is 14.4. The summed E-state index contributed by atoms with van der Waals surface area (Å²) in [5.74, 6) is 0. The van der Waals surface area contributed by atoms with Crippen molar-refractivity contribution in [2.24, 2.45) is 0 Å². The van der Waals surface area contributed by atoms with E-state index in [9.17, 15) is 9.18 Å². The molecule has 0 unspecified atom stereocenters. The van der Waals surface area contributed by atoms with Crippen LogP contribution in [0.5, 0.6) is 0 Å². The molecule has 1 fully saturated rings. The Morgan fingerprint density at radius 3 is 2.85 bits per heavy atom. The van der Waals surface area contributed by atoms with Crippen molar-refractivity contribution >= 4 is 28.7 Å². The number of likely N-dealkylation sites (tertiary alicyclic amines) is 1. The lowest BCUT2D eigenvalue weighted by atomic mass is 10.1. The first-order valence-corrected chi connectivity index (χ1v) is 7.15. The van der Waals surface area contributed by atoms with E-state index in [4.69, 9.17) is 5.73 Å². The number of benzene rings is 1. The van der Waals surface area contributed by atoms with E-state index < -0.39 is 6.17 Å². The van der Waals surface area contributed by atoms with Gasteiger partial charge in [0.15, 0.2) is 0 Å². The number of alkyl halides is 1. The maximum atomic E-state index is 12.8. The third-order valence-corrected chi connectivity index (χ3v) is 4.14. The normalized spacial score (nSPS) is 14.9. The minimum atomic E-state index is -0.907. The van der Waals surface area contributed by atoms with Crippen LogP contribution in [-0.4, -0.2) is 30.2 Å². The number of hydrogen-bond acceptors (Lipinski definition) is 3. The van der Waals surface area contributed by atoms with Crippen LogP contribution in [0.3, 0.4) is 0 Å². The molecule has 1 aliphatic rings. The van der Waals surface area contributed by atoms with Crippen molar-refractivity contribution in [2.45, 2.75) is 6.17 Å². The zero-order valence-electron chi connectivity index (χ0n) is 10.7. The minimum Gasteiger partial charge on any atom is -0.397 e. The third-order valence-electron chi connectivity index (χ3n) is 3.22. The Bertz CT molecular complexity index is 623. The van der Waals surface area contributed by atoms with Crippen LogP contribution >= 0.6 is 11.3 Å². The Hall–Kier alpha value is -2.08. The van der Waals surface area contributed by atoms with E-state index in [1.807, 2.05) is 29.6 Å². The summed E-state index contributed by atoms with van der Waals surface area (Å²) in [5.41, 5.74) is 7.93. The average molecular weight is 291 g/mol. The number of carbonyl (C=O) groups excluding carboxylic acids is 1. The maximum Gasteiger partial charge on any atom is 0.322 e. The highest BCUT2D eigenvalue weighted by Gasteiger charge is 2.30. The number of amides is 2. The number of urea groups is 1. The van der Waals surface area contributed by atoms with Gasteiger partial charge in [0.05, 0.1) is 24.5 Å². The van der Waals surface area contributed by atoms with Gasteiger partial charge in [0.1, 0.15) is 6.17 Å². The number of hydrogen-bond donors (Lipinski definition) is 2. The van der Waals surface area contributed by atoms with Crippen molar-refractivity contribution in [1.29, 1.82) is 0 Å². The molecule has 0 saturated carbocycles. The standard InChI is InChI=1S/C14H14FN3OS/c15-10-7-18(8-10)14(19)17-12-6-9(3-4-11(12)16)13-2-1-5-20-13/h1-6,10H,7-8,16H2,(H,17,19). The van der Waals surface area contributed by atoms with Crippen molar-refractivity contribution in [2.75, 3.05) is 24.1 Å². The van der Waals surface area contributed by atoms with Crippen LogP contribution in [0.15, 0.2) is 35.7 Å². The first-order valence-electron chi connectivity index (χ1n) is 6.27. The number of nitrogen functional groups attached to an aromatic ring is 1. The first-order chi connectivity index (χ1) is 9.63. The fraction of sp³-hybridized carbons (Fsp3) is 0.214. The molecule has 2 aromatic rings. The topological polar surface area (TPSA) is 58.4 Å². The van der Waals surface area contributed by atoms with Crippen LogP contribution in [0.25, 0.3) is 10.4 Å². The van der Waals surface area contributed by atoms with Gasteiger partial charge in [-0.15, -0.1) is 11.3 Å². The Labute approximate surface area is 120 Å². The zero-order chi connectivity index (χ0) is 14.1. The number of carbonyl (C=O) groups is 1. The molecule has 2 heterocycles. The average Bonchev–Trinajstić information content (AvgIpc) is 2.91. The molecule has 3 rings (SSSR count). The van der Waals surface area contributed by atoms with Gasteiger partial charge < -0.3 is 16.0 Å². The number of nitrogens with zero attached hydrogens (tertiary/aromatic N) is 1. The van der Waals surface area contributed by atoms with Gasteiger partial charge in [0.25, 0.3) is 0 Å².